The second-order valence-electron chi connectivity index (χ2n) is 5.78. The highest BCUT2D eigenvalue weighted by molar-refractivity contribution is 5.86. The van der Waals surface area contributed by atoms with Gasteiger partial charge in [-0.05, 0) is 29.2 Å². The van der Waals surface area contributed by atoms with Gasteiger partial charge in [0.05, 0.1) is 6.54 Å². The fourth-order valence-corrected chi connectivity index (χ4v) is 3.07. The summed E-state index contributed by atoms with van der Waals surface area (Å²) in [4.78, 5) is 11.9. The minimum Gasteiger partial charge on any atom is -0.351 e. The Morgan fingerprint density at radius 1 is 1.05 bits per heavy atom. The quantitative estimate of drug-likeness (QED) is 0.885. The van der Waals surface area contributed by atoms with E-state index in [4.69, 9.17) is 0 Å². The van der Waals surface area contributed by atoms with Gasteiger partial charge in [0.25, 0.3) is 0 Å². The van der Waals surface area contributed by atoms with Crippen LogP contribution < -0.4 is 10.6 Å². The van der Waals surface area contributed by atoms with Crippen LogP contribution in [0.25, 0.3) is 10.8 Å². The van der Waals surface area contributed by atoms with Gasteiger partial charge < -0.3 is 10.6 Å². The van der Waals surface area contributed by atoms with E-state index in [0.29, 0.717) is 19.1 Å². The summed E-state index contributed by atoms with van der Waals surface area (Å²) in [6, 6.07) is 15.0. The van der Waals surface area contributed by atoms with Crippen molar-refractivity contribution in [1.29, 1.82) is 0 Å². The summed E-state index contributed by atoms with van der Waals surface area (Å²) in [7, 11) is 0. The first-order chi connectivity index (χ1) is 10.3. The van der Waals surface area contributed by atoms with Crippen LogP contribution in [0.1, 0.15) is 31.2 Å². The predicted octanol–water partition coefficient (Wildman–Crippen LogP) is 2.99. The van der Waals surface area contributed by atoms with Crippen molar-refractivity contribution in [3.8, 4) is 0 Å². The smallest absolute Gasteiger partial charge is 0.234 e. The third-order valence-corrected chi connectivity index (χ3v) is 4.26. The van der Waals surface area contributed by atoms with Gasteiger partial charge in [0.2, 0.25) is 5.91 Å². The average Bonchev–Trinajstić information content (AvgIpc) is 3.04. The lowest BCUT2D eigenvalue weighted by molar-refractivity contribution is -0.120. The van der Waals surface area contributed by atoms with Gasteiger partial charge in [0.15, 0.2) is 0 Å². The van der Waals surface area contributed by atoms with Crippen LogP contribution in [0.4, 0.5) is 0 Å². The Morgan fingerprint density at radius 3 is 2.67 bits per heavy atom. The Bertz CT molecular complexity index is 612. The van der Waals surface area contributed by atoms with Crippen molar-refractivity contribution >= 4 is 16.7 Å². The van der Waals surface area contributed by atoms with Crippen LogP contribution >= 0.6 is 0 Å². The number of hydrogen-bond acceptors (Lipinski definition) is 2. The molecular weight excluding hydrogens is 260 g/mol. The molecule has 21 heavy (non-hydrogen) atoms. The molecule has 1 fully saturated rings. The molecule has 0 radical (unpaired) electrons. The monoisotopic (exact) mass is 282 g/mol. The molecule has 1 saturated carbocycles. The summed E-state index contributed by atoms with van der Waals surface area (Å²) in [6.45, 7) is 1.02. The number of fused-ring (bicyclic) bond motifs is 1. The van der Waals surface area contributed by atoms with Crippen LogP contribution in [-0.4, -0.2) is 18.5 Å². The number of hydrogen-bond donors (Lipinski definition) is 2. The Labute approximate surface area is 125 Å². The number of amides is 1. The van der Waals surface area contributed by atoms with Crippen LogP contribution in [-0.2, 0) is 11.3 Å². The third-order valence-electron chi connectivity index (χ3n) is 4.26. The van der Waals surface area contributed by atoms with Crippen LogP contribution in [0.5, 0.6) is 0 Å². The number of nitrogens with one attached hydrogen (secondary N) is 2. The standard InChI is InChI=1S/C18H22N2O/c21-18(13-19-16-9-2-3-10-16)20-12-15-8-5-7-14-6-1-4-11-17(14)15/h1,4-8,11,16,19H,2-3,9-10,12-13H2,(H,20,21). The fraction of sp³-hybridized carbons (Fsp3) is 0.389. The van der Waals surface area contributed by atoms with E-state index >= 15 is 0 Å². The van der Waals surface area contributed by atoms with Crippen molar-refractivity contribution in [2.75, 3.05) is 6.54 Å². The van der Waals surface area contributed by atoms with Crippen LogP contribution in [0.3, 0.4) is 0 Å². The minimum absolute atomic E-state index is 0.0786. The Hall–Kier alpha value is -1.87. The maximum Gasteiger partial charge on any atom is 0.234 e. The zero-order valence-corrected chi connectivity index (χ0v) is 12.3. The molecule has 0 bridgehead atoms. The molecule has 0 aromatic heterocycles. The molecule has 1 aliphatic rings. The number of benzene rings is 2. The van der Waals surface area contributed by atoms with Gasteiger partial charge in [-0.1, -0.05) is 55.3 Å². The highest BCUT2D eigenvalue weighted by Crippen LogP contribution is 2.18. The minimum atomic E-state index is 0.0786. The maximum absolute atomic E-state index is 11.9. The molecule has 1 aliphatic carbocycles. The van der Waals surface area contributed by atoms with Crippen LogP contribution in [0.2, 0.25) is 0 Å². The number of rotatable bonds is 5. The van der Waals surface area contributed by atoms with E-state index < -0.39 is 0 Å². The molecule has 3 heteroatoms. The first kappa shape index (κ1) is 14.1. The summed E-state index contributed by atoms with van der Waals surface area (Å²) in [5.41, 5.74) is 1.17. The molecular formula is C18H22N2O. The molecule has 0 heterocycles. The number of carbonyl (C=O) groups excluding carboxylic acids is 1. The van der Waals surface area contributed by atoms with Gasteiger partial charge in [-0.25, -0.2) is 0 Å². The van der Waals surface area contributed by atoms with E-state index in [1.807, 2.05) is 18.2 Å². The van der Waals surface area contributed by atoms with E-state index in [1.54, 1.807) is 0 Å². The molecule has 0 spiro atoms. The molecule has 110 valence electrons. The molecule has 0 aliphatic heterocycles. The summed E-state index contributed by atoms with van der Waals surface area (Å²) in [5, 5.41) is 8.78. The topological polar surface area (TPSA) is 41.1 Å². The molecule has 0 atom stereocenters. The molecule has 1 amide bonds. The summed E-state index contributed by atoms with van der Waals surface area (Å²) in [6.07, 6.45) is 4.98. The van der Waals surface area contributed by atoms with Gasteiger partial charge >= 0.3 is 0 Å². The predicted molar refractivity (Wildman–Crippen MR) is 86.1 cm³/mol. The normalized spacial score (nSPS) is 15.4. The van der Waals surface area contributed by atoms with E-state index in [0.717, 1.165) is 0 Å². The lowest BCUT2D eigenvalue weighted by atomic mass is 10.0. The van der Waals surface area contributed by atoms with Crippen molar-refractivity contribution in [1.82, 2.24) is 10.6 Å². The molecule has 0 unspecified atom stereocenters. The van der Waals surface area contributed by atoms with Gasteiger partial charge in [0.1, 0.15) is 0 Å². The molecule has 2 aromatic carbocycles. The second-order valence-corrected chi connectivity index (χ2v) is 5.78. The van der Waals surface area contributed by atoms with Gasteiger partial charge in [-0.2, -0.15) is 0 Å². The van der Waals surface area contributed by atoms with Crippen molar-refractivity contribution < 1.29 is 4.79 Å². The fourth-order valence-electron chi connectivity index (χ4n) is 3.07. The zero-order chi connectivity index (χ0) is 14.5. The average molecular weight is 282 g/mol. The van der Waals surface area contributed by atoms with E-state index in [-0.39, 0.29) is 5.91 Å². The zero-order valence-electron chi connectivity index (χ0n) is 12.3. The van der Waals surface area contributed by atoms with Crippen molar-refractivity contribution in [2.45, 2.75) is 38.3 Å². The summed E-state index contributed by atoms with van der Waals surface area (Å²) in [5.74, 6) is 0.0786. The maximum atomic E-state index is 11.9. The summed E-state index contributed by atoms with van der Waals surface area (Å²) >= 11 is 0. The van der Waals surface area contributed by atoms with Crippen molar-refractivity contribution in [3.63, 3.8) is 0 Å². The van der Waals surface area contributed by atoms with Crippen LogP contribution in [0.15, 0.2) is 42.5 Å². The molecule has 3 rings (SSSR count). The molecule has 2 N–H and O–H groups in total. The van der Waals surface area contributed by atoms with Crippen molar-refractivity contribution in [3.05, 3.63) is 48.0 Å². The first-order valence-electron chi connectivity index (χ1n) is 7.79. The molecule has 0 saturated heterocycles. The summed E-state index contributed by atoms with van der Waals surface area (Å²) < 4.78 is 0. The Morgan fingerprint density at radius 2 is 1.81 bits per heavy atom. The van der Waals surface area contributed by atoms with E-state index in [9.17, 15) is 4.79 Å². The van der Waals surface area contributed by atoms with Gasteiger partial charge in [-0.3, -0.25) is 4.79 Å². The first-order valence-corrected chi connectivity index (χ1v) is 7.79. The second kappa shape index (κ2) is 6.72. The Kier molecular flexibility index (Phi) is 4.51. The lowest BCUT2D eigenvalue weighted by Crippen LogP contribution is -2.37. The largest absolute Gasteiger partial charge is 0.351 e. The van der Waals surface area contributed by atoms with E-state index in [1.165, 1.54) is 42.0 Å². The highest BCUT2D eigenvalue weighted by atomic mass is 16.1. The SMILES string of the molecule is O=C(CNC1CCCC1)NCc1cccc2ccccc12. The lowest BCUT2D eigenvalue weighted by Gasteiger charge is -2.12. The van der Waals surface area contributed by atoms with E-state index in [2.05, 4.69) is 34.9 Å². The van der Waals surface area contributed by atoms with Gasteiger partial charge in [0, 0.05) is 12.6 Å². The van der Waals surface area contributed by atoms with Crippen molar-refractivity contribution in [2.24, 2.45) is 0 Å². The van der Waals surface area contributed by atoms with Crippen LogP contribution in [0, 0.1) is 0 Å². The van der Waals surface area contributed by atoms with Gasteiger partial charge in [-0.15, -0.1) is 0 Å². The molecule has 3 nitrogen and oxygen atoms in total. The highest BCUT2D eigenvalue weighted by Gasteiger charge is 2.15. The third kappa shape index (κ3) is 3.61. The number of carbonyl (C=O) groups is 1. The Balaban J connectivity index is 1.54. The molecule has 2 aromatic rings.